The van der Waals surface area contributed by atoms with Gasteiger partial charge in [0.1, 0.15) is 11.8 Å². The summed E-state index contributed by atoms with van der Waals surface area (Å²) >= 11 is 1.38. The van der Waals surface area contributed by atoms with Gasteiger partial charge in [-0.3, -0.25) is 9.69 Å². The van der Waals surface area contributed by atoms with Crippen molar-refractivity contribution < 1.29 is 19.1 Å². The predicted molar refractivity (Wildman–Crippen MR) is 122 cm³/mol. The van der Waals surface area contributed by atoms with Crippen LogP contribution in [0, 0.1) is 0 Å². The van der Waals surface area contributed by atoms with Crippen LogP contribution in [0.15, 0.2) is 65.2 Å². The van der Waals surface area contributed by atoms with Crippen molar-refractivity contribution in [3.05, 3.63) is 71.3 Å². The lowest BCUT2D eigenvalue weighted by atomic mass is 9.91. The van der Waals surface area contributed by atoms with Crippen LogP contribution >= 0.6 is 11.8 Å². The molecule has 2 aromatic carbocycles. The number of benzene rings is 2. The maximum Gasteiger partial charge on any atom is 0.338 e. The molecule has 2 heterocycles. The van der Waals surface area contributed by atoms with Crippen LogP contribution in [0.25, 0.3) is 5.70 Å². The van der Waals surface area contributed by atoms with Crippen LogP contribution in [-0.2, 0) is 14.3 Å². The number of carbonyl (C=O) groups is 2. The SMILES string of the molecule is CCOC(=O)C1=C(c2ccccc2)N=C2SCC(=O)N2[C@H]1c1ccccc1OC(C)C. The van der Waals surface area contributed by atoms with Crippen molar-refractivity contribution >= 4 is 34.5 Å². The number of ether oxygens (including phenoxy) is 2. The molecule has 0 spiro atoms. The molecule has 2 aliphatic heterocycles. The molecule has 7 heteroatoms. The maximum atomic E-state index is 13.3. The van der Waals surface area contributed by atoms with Gasteiger partial charge in [-0.15, -0.1) is 0 Å². The van der Waals surface area contributed by atoms with Crippen LogP contribution in [0.2, 0.25) is 0 Å². The molecule has 1 fully saturated rings. The molecule has 0 unspecified atom stereocenters. The van der Waals surface area contributed by atoms with Crippen LogP contribution in [0.4, 0.5) is 0 Å². The van der Waals surface area contributed by atoms with Crippen molar-refractivity contribution in [3.63, 3.8) is 0 Å². The molecule has 0 saturated carbocycles. The van der Waals surface area contributed by atoms with E-state index < -0.39 is 12.0 Å². The third kappa shape index (κ3) is 4.10. The average Bonchev–Trinajstić information content (AvgIpc) is 3.14. The number of aliphatic imine (C=N–C) groups is 1. The molecule has 0 N–H and O–H groups in total. The second-order valence-electron chi connectivity index (χ2n) is 7.40. The van der Waals surface area contributed by atoms with Crippen molar-refractivity contribution in [3.8, 4) is 5.75 Å². The number of esters is 1. The Labute approximate surface area is 185 Å². The van der Waals surface area contributed by atoms with Gasteiger partial charge in [0, 0.05) is 11.1 Å². The van der Waals surface area contributed by atoms with Gasteiger partial charge in [0.25, 0.3) is 0 Å². The highest BCUT2D eigenvalue weighted by Gasteiger charge is 2.45. The fourth-order valence-corrected chi connectivity index (χ4v) is 4.62. The van der Waals surface area contributed by atoms with Gasteiger partial charge in [-0.25, -0.2) is 9.79 Å². The van der Waals surface area contributed by atoms with Crippen molar-refractivity contribution in [2.24, 2.45) is 4.99 Å². The lowest BCUT2D eigenvalue weighted by molar-refractivity contribution is -0.139. The number of amides is 1. The van der Waals surface area contributed by atoms with Gasteiger partial charge < -0.3 is 9.47 Å². The summed E-state index contributed by atoms with van der Waals surface area (Å²) in [6.07, 6.45) is -0.0647. The van der Waals surface area contributed by atoms with Gasteiger partial charge in [-0.1, -0.05) is 60.3 Å². The van der Waals surface area contributed by atoms with E-state index in [0.29, 0.717) is 22.2 Å². The molecular weight excluding hydrogens is 412 g/mol. The molecule has 6 nitrogen and oxygen atoms in total. The molecule has 0 radical (unpaired) electrons. The summed E-state index contributed by atoms with van der Waals surface area (Å²) < 4.78 is 11.5. The minimum Gasteiger partial charge on any atom is -0.491 e. The first-order valence-electron chi connectivity index (χ1n) is 10.3. The Bertz CT molecular complexity index is 1060. The summed E-state index contributed by atoms with van der Waals surface area (Å²) in [6.45, 7) is 5.87. The number of para-hydroxylation sites is 1. The third-order valence-corrected chi connectivity index (χ3v) is 5.85. The van der Waals surface area contributed by atoms with Crippen LogP contribution in [0.5, 0.6) is 5.75 Å². The van der Waals surface area contributed by atoms with Crippen LogP contribution < -0.4 is 4.74 Å². The molecule has 1 atom stereocenters. The Kier molecular flexibility index (Phi) is 6.13. The van der Waals surface area contributed by atoms with Gasteiger partial charge in [-0.2, -0.15) is 0 Å². The second kappa shape index (κ2) is 8.98. The molecular formula is C24H24N2O4S. The van der Waals surface area contributed by atoms with E-state index in [1.165, 1.54) is 11.8 Å². The van der Waals surface area contributed by atoms with Gasteiger partial charge in [0.15, 0.2) is 5.17 Å². The summed E-state index contributed by atoms with van der Waals surface area (Å²) in [5.41, 5.74) is 2.39. The van der Waals surface area contributed by atoms with Gasteiger partial charge in [0.2, 0.25) is 5.91 Å². The van der Waals surface area contributed by atoms with E-state index in [-0.39, 0.29) is 24.4 Å². The first kappa shape index (κ1) is 21.2. The number of hydrogen-bond donors (Lipinski definition) is 0. The quantitative estimate of drug-likeness (QED) is 0.627. The minimum atomic E-state index is -0.681. The first-order valence-corrected chi connectivity index (χ1v) is 11.3. The van der Waals surface area contributed by atoms with Crippen molar-refractivity contribution in [2.75, 3.05) is 12.4 Å². The molecule has 0 bridgehead atoms. The first-order chi connectivity index (χ1) is 15.0. The second-order valence-corrected chi connectivity index (χ2v) is 8.35. The van der Waals surface area contributed by atoms with E-state index in [0.717, 1.165) is 11.1 Å². The van der Waals surface area contributed by atoms with E-state index in [1.807, 2.05) is 68.4 Å². The van der Waals surface area contributed by atoms with E-state index in [2.05, 4.69) is 0 Å². The molecule has 1 saturated heterocycles. The van der Waals surface area contributed by atoms with Crippen molar-refractivity contribution in [1.82, 2.24) is 4.90 Å². The fraction of sp³-hybridized carbons (Fsp3) is 0.292. The Morgan fingerprint density at radius 2 is 1.87 bits per heavy atom. The maximum absolute atomic E-state index is 13.3. The zero-order valence-corrected chi connectivity index (χ0v) is 18.5. The summed E-state index contributed by atoms with van der Waals surface area (Å²) in [4.78, 5) is 32.5. The lowest BCUT2D eigenvalue weighted by Crippen LogP contribution is -2.40. The highest BCUT2D eigenvalue weighted by atomic mass is 32.2. The lowest BCUT2D eigenvalue weighted by Gasteiger charge is -2.34. The number of nitrogens with zero attached hydrogens (tertiary/aromatic N) is 2. The van der Waals surface area contributed by atoms with Crippen LogP contribution in [-0.4, -0.2) is 40.4 Å². The Hall–Kier alpha value is -3.06. The van der Waals surface area contributed by atoms with Crippen molar-refractivity contribution in [1.29, 1.82) is 0 Å². The fourth-order valence-electron chi connectivity index (χ4n) is 3.72. The van der Waals surface area contributed by atoms with Crippen LogP contribution in [0.1, 0.15) is 37.9 Å². The largest absolute Gasteiger partial charge is 0.491 e. The van der Waals surface area contributed by atoms with E-state index >= 15 is 0 Å². The molecule has 4 rings (SSSR count). The number of carbonyl (C=O) groups excluding carboxylic acids is 2. The molecule has 1 amide bonds. The van der Waals surface area contributed by atoms with Gasteiger partial charge >= 0.3 is 5.97 Å². The highest BCUT2D eigenvalue weighted by molar-refractivity contribution is 8.15. The minimum absolute atomic E-state index is 0.0647. The molecule has 2 aliphatic rings. The number of amidine groups is 1. The number of thioether (sulfide) groups is 1. The van der Waals surface area contributed by atoms with Gasteiger partial charge in [0.05, 0.1) is 29.7 Å². The Morgan fingerprint density at radius 3 is 2.58 bits per heavy atom. The molecule has 0 aliphatic carbocycles. The zero-order chi connectivity index (χ0) is 22.0. The summed E-state index contributed by atoms with van der Waals surface area (Å²) in [7, 11) is 0. The average molecular weight is 437 g/mol. The zero-order valence-electron chi connectivity index (χ0n) is 17.7. The molecule has 31 heavy (non-hydrogen) atoms. The Balaban J connectivity index is 1.98. The van der Waals surface area contributed by atoms with Crippen LogP contribution in [0.3, 0.4) is 0 Å². The Morgan fingerprint density at radius 1 is 1.16 bits per heavy atom. The smallest absolute Gasteiger partial charge is 0.338 e. The predicted octanol–water partition coefficient (Wildman–Crippen LogP) is 4.43. The topological polar surface area (TPSA) is 68.2 Å². The standard InChI is InChI=1S/C24H24N2O4S/c1-4-29-23(28)20-21(16-10-6-5-7-11-16)25-24-26(19(27)14-31-24)22(20)17-12-8-9-13-18(17)30-15(2)3/h5-13,15,22H,4,14H2,1-3H3/t22-/m0/s1. The highest BCUT2D eigenvalue weighted by Crippen LogP contribution is 2.46. The number of fused-ring (bicyclic) bond motifs is 1. The summed E-state index contributed by atoms with van der Waals surface area (Å²) in [5.74, 6) is 0.323. The summed E-state index contributed by atoms with van der Waals surface area (Å²) in [6, 6.07) is 16.4. The van der Waals surface area contributed by atoms with E-state index in [9.17, 15) is 9.59 Å². The van der Waals surface area contributed by atoms with Gasteiger partial charge in [-0.05, 0) is 26.8 Å². The molecule has 160 valence electrons. The molecule has 0 aromatic heterocycles. The normalized spacial score (nSPS) is 18.2. The molecule has 2 aromatic rings. The monoisotopic (exact) mass is 436 g/mol. The summed E-state index contributed by atoms with van der Waals surface area (Å²) in [5, 5.41) is 0.584. The third-order valence-electron chi connectivity index (χ3n) is 4.91. The van der Waals surface area contributed by atoms with E-state index in [4.69, 9.17) is 14.5 Å². The number of hydrogen-bond acceptors (Lipinski definition) is 6. The van der Waals surface area contributed by atoms with E-state index in [1.54, 1.807) is 11.8 Å². The van der Waals surface area contributed by atoms with Crippen molar-refractivity contribution in [2.45, 2.75) is 32.9 Å². The number of rotatable bonds is 6.